The van der Waals surface area contributed by atoms with Crippen LogP contribution < -0.4 is 11.3 Å². The Kier molecular flexibility index (Phi) is 4.11. The fourth-order valence-corrected chi connectivity index (χ4v) is 2.28. The maximum absolute atomic E-state index is 13.9. The molecule has 3 N–H and O–H groups in total. The van der Waals surface area contributed by atoms with Crippen LogP contribution in [0.5, 0.6) is 0 Å². The van der Waals surface area contributed by atoms with Gasteiger partial charge in [0.15, 0.2) is 0 Å². The fourth-order valence-electron chi connectivity index (χ4n) is 1.95. The van der Waals surface area contributed by atoms with E-state index >= 15 is 0 Å². The molecule has 0 bridgehead atoms. The highest BCUT2D eigenvalue weighted by Crippen LogP contribution is 2.26. The van der Waals surface area contributed by atoms with Gasteiger partial charge in [-0.05, 0) is 24.6 Å². The fraction of sp³-hybridized carbons (Fsp3) is 0.143. The lowest BCUT2D eigenvalue weighted by molar-refractivity contribution is 0.559. The van der Waals surface area contributed by atoms with E-state index in [1.165, 1.54) is 6.07 Å². The number of nitrogens with one attached hydrogen (secondary N) is 1. The summed E-state index contributed by atoms with van der Waals surface area (Å²) in [6.45, 7) is 2.00. The lowest BCUT2D eigenvalue weighted by Gasteiger charge is -2.18. The number of benzene rings is 2. The van der Waals surface area contributed by atoms with E-state index in [4.69, 9.17) is 5.84 Å². The topological polar surface area (TPSA) is 38.0 Å². The largest absolute Gasteiger partial charge is 0.271 e. The molecule has 1 atom stereocenters. The highest BCUT2D eigenvalue weighted by atomic mass is 79.9. The number of rotatable bonds is 3. The van der Waals surface area contributed by atoms with Crippen LogP contribution in [-0.4, -0.2) is 0 Å². The highest BCUT2D eigenvalue weighted by Gasteiger charge is 2.16. The van der Waals surface area contributed by atoms with Gasteiger partial charge in [-0.3, -0.25) is 5.84 Å². The minimum atomic E-state index is -0.349. The van der Waals surface area contributed by atoms with Gasteiger partial charge in [-0.1, -0.05) is 51.8 Å². The molecule has 0 saturated carbocycles. The maximum atomic E-state index is 13.9. The van der Waals surface area contributed by atoms with Crippen LogP contribution in [0.4, 0.5) is 4.39 Å². The van der Waals surface area contributed by atoms with Crippen molar-refractivity contribution in [2.45, 2.75) is 13.0 Å². The molecule has 1 unspecified atom stereocenters. The molecular weight excluding hydrogens is 295 g/mol. The Hall–Kier alpha value is -1.23. The van der Waals surface area contributed by atoms with Crippen LogP contribution in [0.15, 0.2) is 46.9 Å². The molecule has 0 amide bonds. The standard InChI is InChI=1S/C14H14BrFN2/c1-9-3-2-4-10(7-9)14(18-17)12-6-5-11(15)8-13(12)16/h2-8,14,18H,17H2,1H3. The van der Waals surface area contributed by atoms with Gasteiger partial charge in [-0.2, -0.15) is 0 Å². The first-order chi connectivity index (χ1) is 8.61. The Bertz CT molecular complexity index is 557. The zero-order chi connectivity index (χ0) is 13.1. The van der Waals surface area contributed by atoms with Crippen molar-refractivity contribution in [3.8, 4) is 0 Å². The van der Waals surface area contributed by atoms with Crippen LogP contribution >= 0.6 is 15.9 Å². The van der Waals surface area contributed by atoms with Gasteiger partial charge < -0.3 is 0 Å². The van der Waals surface area contributed by atoms with Gasteiger partial charge in [0.2, 0.25) is 0 Å². The zero-order valence-electron chi connectivity index (χ0n) is 9.95. The maximum Gasteiger partial charge on any atom is 0.129 e. The molecule has 4 heteroatoms. The Balaban J connectivity index is 2.45. The third-order valence-electron chi connectivity index (χ3n) is 2.82. The number of hydrogen-bond acceptors (Lipinski definition) is 2. The Morgan fingerprint density at radius 1 is 1.22 bits per heavy atom. The summed E-state index contributed by atoms with van der Waals surface area (Å²) in [7, 11) is 0. The van der Waals surface area contributed by atoms with Crippen LogP contribution in [0.1, 0.15) is 22.7 Å². The third-order valence-corrected chi connectivity index (χ3v) is 3.31. The van der Waals surface area contributed by atoms with E-state index in [1.54, 1.807) is 12.1 Å². The number of hydrazine groups is 1. The molecule has 2 nitrogen and oxygen atoms in total. The molecule has 2 aromatic rings. The average molecular weight is 309 g/mol. The summed E-state index contributed by atoms with van der Waals surface area (Å²) >= 11 is 3.24. The number of halogens is 2. The second-order valence-corrected chi connectivity index (χ2v) is 5.10. The summed E-state index contributed by atoms with van der Waals surface area (Å²) in [6.07, 6.45) is 0. The average Bonchev–Trinajstić information content (AvgIpc) is 2.33. The molecule has 0 fully saturated rings. The first-order valence-corrected chi connectivity index (χ1v) is 6.39. The number of nitrogens with two attached hydrogens (primary N) is 1. The molecule has 18 heavy (non-hydrogen) atoms. The molecule has 0 spiro atoms. The van der Waals surface area contributed by atoms with Crippen molar-refractivity contribution in [2.75, 3.05) is 0 Å². The minimum absolute atomic E-state index is 0.283. The first-order valence-electron chi connectivity index (χ1n) is 5.59. The molecule has 2 aromatic carbocycles. The van der Waals surface area contributed by atoms with E-state index in [9.17, 15) is 4.39 Å². The zero-order valence-corrected chi connectivity index (χ0v) is 11.5. The molecule has 0 aliphatic carbocycles. The van der Waals surface area contributed by atoms with Crippen LogP contribution in [-0.2, 0) is 0 Å². The van der Waals surface area contributed by atoms with Crippen LogP contribution in [0.2, 0.25) is 0 Å². The molecular formula is C14H14BrFN2. The lowest BCUT2D eigenvalue weighted by Crippen LogP contribution is -2.29. The third kappa shape index (κ3) is 2.77. The van der Waals surface area contributed by atoms with Crippen molar-refractivity contribution in [1.82, 2.24) is 5.43 Å². The van der Waals surface area contributed by atoms with Crippen LogP contribution in [0.25, 0.3) is 0 Å². The number of aryl methyl sites for hydroxylation is 1. The predicted octanol–water partition coefficient (Wildman–Crippen LogP) is 3.45. The lowest BCUT2D eigenvalue weighted by atomic mass is 9.97. The summed E-state index contributed by atoms with van der Waals surface area (Å²) in [5.41, 5.74) is 5.26. The predicted molar refractivity (Wildman–Crippen MR) is 74.4 cm³/mol. The van der Waals surface area contributed by atoms with Gasteiger partial charge in [-0.15, -0.1) is 0 Å². The molecule has 0 aliphatic heterocycles. The van der Waals surface area contributed by atoms with Crippen LogP contribution in [0.3, 0.4) is 0 Å². The van der Waals surface area contributed by atoms with E-state index in [0.717, 1.165) is 11.1 Å². The van der Waals surface area contributed by atoms with Crippen molar-refractivity contribution >= 4 is 15.9 Å². The van der Waals surface area contributed by atoms with Crippen molar-refractivity contribution in [3.05, 3.63) is 69.4 Å². The van der Waals surface area contributed by atoms with Crippen molar-refractivity contribution in [1.29, 1.82) is 0 Å². The van der Waals surface area contributed by atoms with E-state index in [2.05, 4.69) is 21.4 Å². The van der Waals surface area contributed by atoms with E-state index in [0.29, 0.717) is 10.0 Å². The van der Waals surface area contributed by atoms with Crippen LogP contribution in [0, 0.1) is 12.7 Å². The summed E-state index contributed by atoms with van der Waals surface area (Å²) < 4.78 is 14.7. The SMILES string of the molecule is Cc1cccc(C(NN)c2ccc(Br)cc2F)c1. The monoisotopic (exact) mass is 308 g/mol. The summed E-state index contributed by atoms with van der Waals surface area (Å²) in [6, 6.07) is 12.5. The molecule has 0 aliphatic rings. The molecule has 0 radical (unpaired) electrons. The summed E-state index contributed by atoms with van der Waals surface area (Å²) in [5.74, 6) is 5.28. The Labute approximate surface area is 114 Å². The van der Waals surface area contributed by atoms with Gasteiger partial charge in [0.25, 0.3) is 0 Å². The highest BCUT2D eigenvalue weighted by molar-refractivity contribution is 9.10. The quantitative estimate of drug-likeness (QED) is 0.673. The van der Waals surface area contributed by atoms with Gasteiger partial charge in [-0.25, -0.2) is 9.82 Å². The second kappa shape index (κ2) is 5.61. The van der Waals surface area contributed by atoms with E-state index in [-0.39, 0.29) is 11.9 Å². The Morgan fingerprint density at radius 2 is 2.00 bits per heavy atom. The normalized spacial score (nSPS) is 12.4. The van der Waals surface area contributed by atoms with E-state index in [1.807, 2.05) is 31.2 Å². The van der Waals surface area contributed by atoms with Crippen molar-refractivity contribution in [2.24, 2.45) is 5.84 Å². The molecule has 94 valence electrons. The first kappa shape index (κ1) is 13.2. The summed E-state index contributed by atoms with van der Waals surface area (Å²) in [4.78, 5) is 0. The Morgan fingerprint density at radius 3 is 2.61 bits per heavy atom. The smallest absolute Gasteiger partial charge is 0.129 e. The second-order valence-electron chi connectivity index (χ2n) is 4.18. The molecule has 0 saturated heterocycles. The number of hydrogen-bond donors (Lipinski definition) is 2. The van der Waals surface area contributed by atoms with Gasteiger partial charge in [0, 0.05) is 10.0 Å². The molecule has 2 rings (SSSR count). The van der Waals surface area contributed by atoms with E-state index < -0.39 is 0 Å². The van der Waals surface area contributed by atoms with Gasteiger partial charge >= 0.3 is 0 Å². The van der Waals surface area contributed by atoms with Gasteiger partial charge in [0.05, 0.1) is 6.04 Å². The minimum Gasteiger partial charge on any atom is -0.271 e. The molecule has 0 aromatic heterocycles. The van der Waals surface area contributed by atoms with Crippen molar-refractivity contribution < 1.29 is 4.39 Å². The van der Waals surface area contributed by atoms with Crippen molar-refractivity contribution in [3.63, 3.8) is 0 Å². The van der Waals surface area contributed by atoms with Gasteiger partial charge in [0.1, 0.15) is 5.82 Å². The molecule has 0 heterocycles. The summed E-state index contributed by atoms with van der Waals surface area (Å²) in [5, 5.41) is 0.